The van der Waals surface area contributed by atoms with Crippen LogP contribution in [0.3, 0.4) is 0 Å². The largest absolute Gasteiger partial charge is 0.493 e. The van der Waals surface area contributed by atoms with Gasteiger partial charge in [-0.05, 0) is 82.1 Å². The standard InChI is InChI=1S/C37H46N4O6S/c1-37(2,3)48(44)41-25-29-24-30(36(43)38-15-7-16-40-17-20-47-21-18-40)39-35(34(29)31(41)14-19-42)28-9-6-8-26(22-28)10-11-27-12-13-32(45-4)33(23-27)46-5/h6,8-9,12-13,22-24,31,42H,7,14-21,25H2,1-5H3,(H,38,43)/t31-,48?/m1/s1. The molecule has 1 aromatic heterocycles. The van der Waals surface area contributed by atoms with Crippen LogP contribution < -0.4 is 14.8 Å². The third-order valence-corrected chi connectivity index (χ3v) is 10.3. The molecule has 11 heteroatoms. The smallest absolute Gasteiger partial charge is 0.269 e. The van der Waals surface area contributed by atoms with Gasteiger partial charge in [0.15, 0.2) is 11.5 Å². The van der Waals surface area contributed by atoms with Gasteiger partial charge in [-0.1, -0.05) is 24.0 Å². The highest BCUT2D eigenvalue weighted by molar-refractivity contribution is 7.84. The number of amides is 1. The van der Waals surface area contributed by atoms with E-state index in [2.05, 4.69) is 22.1 Å². The zero-order valence-electron chi connectivity index (χ0n) is 28.5. The average molecular weight is 675 g/mol. The van der Waals surface area contributed by atoms with Crippen LogP contribution in [0.2, 0.25) is 0 Å². The molecule has 0 saturated carbocycles. The van der Waals surface area contributed by atoms with Crippen molar-refractivity contribution in [3.8, 4) is 34.6 Å². The van der Waals surface area contributed by atoms with Gasteiger partial charge in [0.2, 0.25) is 0 Å². The van der Waals surface area contributed by atoms with E-state index < -0.39 is 15.7 Å². The number of carbonyl (C=O) groups is 1. The fraction of sp³-hybridized carbons (Fsp3) is 0.459. The topological polar surface area (TPSA) is 113 Å². The summed E-state index contributed by atoms with van der Waals surface area (Å²) in [6, 6.07) is 14.8. The van der Waals surface area contributed by atoms with Crippen molar-refractivity contribution < 1.29 is 28.3 Å². The summed E-state index contributed by atoms with van der Waals surface area (Å²) in [7, 11) is 1.83. The Morgan fingerprint density at radius 1 is 1.06 bits per heavy atom. The van der Waals surface area contributed by atoms with Gasteiger partial charge in [-0.3, -0.25) is 9.69 Å². The molecule has 1 saturated heterocycles. The number of pyridine rings is 1. The molecular weight excluding hydrogens is 628 g/mol. The zero-order chi connectivity index (χ0) is 34.3. The maximum absolute atomic E-state index is 13.8. The number of rotatable bonds is 11. The maximum atomic E-state index is 13.8. The Kier molecular flexibility index (Phi) is 11.9. The zero-order valence-corrected chi connectivity index (χ0v) is 29.3. The van der Waals surface area contributed by atoms with Gasteiger partial charge in [-0.2, -0.15) is 0 Å². The molecule has 0 bridgehead atoms. The van der Waals surface area contributed by atoms with E-state index in [1.165, 1.54) is 0 Å². The number of fused-ring (bicyclic) bond motifs is 1. The van der Waals surface area contributed by atoms with Gasteiger partial charge in [-0.25, -0.2) is 13.5 Å². The highest BCUT2D eigenvalue weighted by atomic mass is 32.2. The summed E-state index contributed by atoms with van der Waals surface area (Å²) >= 11 is 0. The summed E-state index contributed by atoms with van der Waals surface area (Å²) in [5.41, 5.74) is 5.04. The second kappa shape index (κ2) is 16.1. The lowest BCUT2D eigenvalue weighted by Crippen LogP contribution is -2.38. The molecule has 3 aromatic rings. The Morgan fingerprint density at radius 3 is 2.48 bits per heavy atom. The van der Waals surface area contributed by atoms with Crippen LogP contribution >= 0.6 is 0 Å². The maximum Gasteiger partial charge on any atom is 0.269 e. The molecule has 3 heterocycles. The van der Waals surface area contributed by atoms with Crippen molar-refractivity contribution in [3.63, 3.8) is 0 Å². The molecule has 2 aliphatic rings. The van der Waals surface area contributed by atoms with Crippen LogP contribution in [0.25, 0.3) is 11.3 Å². The number of nitrogens with zero attached hydrogens (tertiary/aromatic N) is 3. The molecule has 0 spiro atoms. The molecule has 5 rings (SSSR count). The van der Waals surface area contributed by atoms with Gasteiger partial charge in [0.1, 0.15) is 16.7 Å². The van der Waals surface area contributed by atoms with Crippen molar-refractivity contribution >= 4 is 16.9 Å². The third-order valence-electron chi connectivity index (χ3n) is 8.43. The first-order valence-corrected chi connectivity index (χ1v) is 17.5. The number of aliphatic hydroxyl groups excluding tert-OH is 1. The SMILES string of the molecule is COc1ccc(C#Cc2cccc(-c3nc(C(=O)NCCCN4CCOCC4)cc4c3[C@@H](CCO)N(S(=O)C(C)(C)C)C4)c2)cc1OC. The first kappa shape index (κ1) is 35.5. The molecule has 1 amide bonds. The second-order valence-corrected chi connectivity index (χ2v) is 15.0. The molecule has 2 aromatic carbocycles. The Labute approximate surface area is 286 Å². The number of nitrogens with one attached hydrogen (secondary N) is 1. The quantitative estimate of drug-likeness (QED) is 0.229. The molecule has 256 valence electrons. The molecule has 2 aliphatic heterocycles. The number of carbonyl (C=O) groups excluding carboxylic acids is 1. The summed E-state index contributed by atoms with van der Waals surface area (Å²) in [5.74, 6) is 7.43. The summed E-state index contributed by atoms with van der Waals surface area (Å²) in [5, 5.41) is 13.2. The van der Waals surface area contributed by atoms with Crippen molar-refractivity contribution in [2.24, 2.45) is 0 Å². The van der Waals surface area contributed by atoms with Gasteiger partial charge in [0, 0.05) is 55.0 Å². The van der Waals surface area contributed by atoms with E-state index >= 15 is 0 Å². The molecule has 0 aliphatic carbocycles. The molecule has 2 N–H and O–H groups in total. The van der Waals surface area contributed by atoms with Gasteiger partial charge >= 0.3 is 0 Å². The molecule has 10 nitrogen and oxygen atoms in total. The molecular formula is C37H46N4O6S. The molecule has 48 heavy (non-hydrogen) atoms. The van der Waals surface area contributed by atoms with Crippen LogP contribution in [0.15, 0.2) is 48.5 Å². The second-order valence-electron chi connectivity index (χ2n) is 12.9. The van der Waals surface area contributed by atoms with Gasteiger partial charge < -0.3 is 24.6 Å². The third kappa shape index (κ3) is 8.43. The first-order chi connectivity index (χ1) is 23.1. The van der Waals surface area contributed by atoms with Crippen LogP contribution in [-0.4, -0.2) is 94.4 Å². The van der Waals surface area contributed by atoms with E-state index in [9.17, 15) is 14.1 Å². The Morgan fingerprint density at radius 2 is 1.79 bits per heavy atom. The van der Waals surface area contributed by atoms with E-state index in [4.69, 9.17) is 19.2 Å². The van der Waals surface area contributed by atoms with Crippen molar-refractivity contribution in [2.45, 2.75) is 50.9 Å². The van der Waals surface area contributed by atoms with E-state index in [-0.39, 0.29) is 18.6 Å². The lowest BCUT2D eigenvalue weighted by Gasteiger charge is -2.30. The minimum absolute atomic E-state index is 0.0798. The number of hydrogen-bond donors (Lipinski definition) is 2. The average Bonchev–Trinajstić information content (AvgIpc) is 3.46. The summed E-state index contributed by atoms with van der Waals surface area (Å²) < 4.78 is 31.4. The minimum Gasteiger partial charge on any atom is -0.493 e. The molecule has 0 radical (unpaired) electrons. The van der Waals surface area contributed by atoms with Crippen LogP contribution in [0, 0.1) is 11.8 Å². The molecule has 2 atom stereocenters. The number of methoxy groups -OCH3 is 2. The summed E-state index contributed by atoms with van der Waals surface area (Å²) in [4.78, 5) is 20.8. The predicted octanol–water partition coefficient (Wildman–Crippen LogP) is 4.32. The number of hydrogen-bond acceptors (Lipinski definition) is 8. The number of ether oxygens (including phenoxy) is 3. The lowest BCUT2D eigenvalue weighted by atomic mass is 9.95. The van der Waals surface area contributed by atoms with Crippen LogP contribution in [-0.2, 0) is 22.3 Å². The number of aromatic nitrogens is 1. The predicted molar refractivity (Wildman–Crippen MR) is 187 cm³/mol. The van der Waals surface area contributed by atoms with E-state index in [0.717, 1.165) is 67.1 Å². The summed E-state index contributed by atoms with van der Waals surface area (Å²) in [6.45, 7) is 10.8. The Balaban J connectivity index is 1.48. The highest BCUT2D eigenvalue weighted by Gasteiger charge is 2.40. The number of benzene rings is 2. The van der Waals surface area contributed by atoms with Gasteiger partial charge in [0.25, 0.3) is 5.91 Å². The van der Waals surface area contributed by atoms with Crippen LogP contribution in [0.1, 0.15) is 72.4 Å². The molecule has 1 fully saturated rings. The van der Waals surface area contributed by atoms with Gasteiger partial charge in [0.05, 0.1) is 43.9 Å². The fourth-order valence-corrected chi connectivity index (χ4v) is 7.43. The minimum atomic E-state index is -1.36. The molecule has 1 unspecified atom stereocenters. The van der Waals surface area contributed by atoms with E-state index in [1.807, 2.05) is 73.6 Å². The van der Waals surface area contributed by atoms with Crippen LogP contribution in [0.4, 0.5) is 0 Å². The normalized spacial score (nSPS) is 17.2. The Bertz CT molecular complexity index is 1690. The van der Waals surface area contributed by atoms with Crippen molar-refractivity contribution in [1.82, 2.24) is 19.5 Å². The lowest BCUT2D eigenvalue weighted by molar-refractivity contribution is 0.0374. The highest BCUT2D eigenvalue weighted by Crippen LogP contribution is 2.44. The van der Waals surface area contributed by atoms with Gasteiger partial charge in [-0.15, -0.1) is 0 Å². The number of aliphatic hydroxyl groups is 1. The summed E-state index contributed by atoms with van der Waals surface area (Å²) in [6.07, 6.45) is 1.20. The van der Waals surface area contributed by atoms with Crippen molar-refractivity contribution in [2.75, 3.05) is 60.2 Å². The monoisotopic (exact) mass is 674 g/mol. The number of morpholine rings is 1. The fourth-order valence-electron chi connectivity index (χ4n) is 6.03. The van der Waals surface area contributed by atoms with Crippen molar-refractivity contribution in [3.05, 3.63) is 76.5 Å². The van der Waals surface area contributed by atoms with E-state index in [0.29, 0.717) is 42.4 Å². The van der Waals surface area contributed by atoms with E-state index in [1.54, 1.807) is 14.2 Å². The Hall–Kier alpha value is -3.79. The first-order valence-electron chi connectivity index (χ1n) is 16.4. The van der Waals surface area contributed by atoms with Crippen molar-refractivity contribution in [1.29, 1.82) is 0 Å². The van der Waals surface area contributed by atoms with Crippen LogP contribution in [0.5, 0.6) is 11.5 Å².